The van der Waals surface area contributed by atoms with E-state index in [1.807, 2.05) is 24.3 Å². The maximum atomic E-state index is 11.9. The molecule has 96 valence electrons. The number of nitrogens with one attached hydrogen (secondary N) is 1. The van der Waals surface area contributed by atoms with Crippen molar-refractivity contribution in [3.05, 3.63) is 35.4 Å². The van der Waals surface area contributed by atoms with Crippen LogP contribution in [0.3, 0.4) is 0 Å². The van der Waals surface area contributed by atoms with Crippen molar-refractivity contribution in [2.75, 3.05) is 6.54 Å². The van der Waals surface area contributed by atoms with Crippen LogP contribution in [0.1, 0.15) is 25.0 Å². The van der Waals surface area contributed by atoms with Crippen molar-refractivity contribution in [2.45, 2.75) is 33.0 Å². The number of halogens is 3. The van der Waals surface area contributed by atoms with Gasteiger partial charge in [-0.05, 0) is 23.5 Å². The van der Waals surface area contributed by atoms with Crippen molar-refractivity contribution in [3.8, 4) is 0 Å². The van der Waals surface area contributed by atoms with E-state index in [0.717, 1.165) is 12.0 Å². The van der Waals surface area contributed by atoms with Gasteiger partial charge in [-0.15, -0.1) is 0 Å². The van der Waals surface area contributed by atoms with Crippen LogP contribution < -0.4 is 5.32 Å². The fourth-order valence-corrected chi connectivity index (χ4v) is 1.61. The molecule has 0 saturated carbocycles. The summed E-state index contributed by atoms with van der Waals surface area (Å²) in [7, 11) is 0. The molecule has 0 aliphatic carbocycles. The molecule has 4 heteroatoms. The summed E-state index contributed by atoms with van der Waals surface area (Å²) in [5.41, 5.74) is 2.10. The molecule has 0 fully saturated rings. The molecule has 0 spiro atoms. The third-order valence-corrected chi connectivity index (χ3v) is 2.32. The molecule has 0 atom stereocenters. The van der Waals surface area contributed by atoms with Crippen molar-refractivity contribution in [3.63, 3.8) is 0 Å². The molecular weight excluding hydrogens is 227 g/mol. The lowest BCUT2D eigenvalue weighted by molar-refractivity contribution is -0.125. The summed E-state index contributed by atoms with van der Waals surface area (Å²) in [5, 5.41) is 2.38. The van der Waals surface area contributed by atoms with Gasteiger partial charge >= 0.3 is 6.18 Å². The topological polar surface area (TPSA) is 12.0 Å². The molecule has 0 aliphatic heterocycles. The Kier molecular flexibility index (Phi) is 5.00. The van der Waals surface area contributed by atoms with Gasteiger partial charge in [0.05, 0.1) is 6.54 Å². The SMILES string of the molecule is CC(C)Cc1ccc(CNCC(F)(F)F)cc1. The van der Waals surface area contributed by atoms with Gasteiger partial charge < -0.3 is 5.32 Å². The van der Waals surface area contributed by atoms with E-state index in [9.17, 15) is 13.2 Å². The molecule has 0 aliphatic rings. The van der Waals surface area contributed by atoms with E-state index >= 15 is 0 Å². The standard InChI is InChI=1S/C13H18F3N/c1-10(2)7-11-3-5-12(6-4-11)8-17-9-13(14,15)16/h3-6,10,17H,7-9H2,1-2H3. The van der Waals surface area contributed by atoms with Crippen molar-refractivity contribution in [1.29, 1.82) is 0 Å². The van der Waals surface area contributed by atoms with E-state index in [2.05, 4.69) is 19.2 Å². The molecular formula is C13H18F3N. The maximum Gasteiger partial charge on any atom is 0.401 e. The van der Waals surface area contributed by atoms with E-state index in [4.69, 9.17) is 0 Å². The van der Waals surface area contributed by atoms with Crippen molar-refractivity contribution >= 4 is 0 Å². The highest BCUT2D eigenvalue weighted by Crippen LogP contribution is 2.13. The summed E-state index contributed by atoms with van der Waals surface area (Å²) in [6.07, 6.45) is -3.14. The predicted octanol–water partition coefficient (Wildman–Crippen LogP) is 3.54. The molecule has 1 nitrogen and oxygen atoms in total. The van der Waals surface area contributed by atoms with Crippen molar-refractivity contribution < 1.29 is 13.2 Å². The molecule has 1 N–H and O–H groups in total. The molecule has 0 radical (unpaired) electrons. The molecule has 0 unspecified atom stereocenters. The van der Waals surface area contributed by atoms with Crippen LogP contribution in [0, 0.1) is 5.92 Å². The number of benzene rings is 1. The van der Waals surface area contributed by atoms with Gasteiger partial charge in [0.15, 0.2) is 0 Å². The first-order valence-electron chi connectivity index (χ1n) is 5.72. The Morgan fingerprint density at radius 3 is 2.06 bits per heavy atom. The maximum absolute atomic E-state index is 11.9. The predicted molar refractivity (Wildman–Crippen MR) is 62.7 cm³/mol. The summed E-state index contributed by atoms with van der Waals surface area (Å²) in [6, 6.07) is 7.71. The third kappa shape index (κ3) is 6.31. The van der Waals surface area contributed by atoms with Gasteiger partial charge in [0, 0.05) is 6.54 Å². The van der Waals surface area contributed by atoms with Crippen LogP contribution in [0.25, 0.3) is 0 Å². The summed E-state index contributed by atoms with van der Waals surface area (Å²) in [5.74, 6) is 0.587. The molecule has 0 saturated heterocycles. The Hall–Kier alpha value is -1.03. The zero-order chi connectivity index (χ0) is 12.9. The van der Waals surface area contributed by atoms with Crippen LogP contribution in [0.4, 0.5) is 13.2 Å². The zero-order valence-electron chi connectivity index (χ0n) is 10.1. The second-order valence-electron chi connectivity index (χ2n) is 4.63. The zero-order valence-corrected chi connectivity index (χ0v) is 10.1. The number of hydrogen-bond donors (Lipinski definition) is 1. The molecule has 17 heavy (non-hydrogen) atoms. The minimum atomic E-state index is -4.14. The van der Waals surface area contributed by atoms with Crippen LogP contribution in [0.15, 0.2) is 24.3 Å². The first-order valence-corrected chi connectivity index (χ1v) is 5.72. The monoisotopic (exact) mass is 245 g/mol. The van der Waals surface area contributed by atoms with E-state index in [-0.39, 0.29) is 6.54 Å². The quantitative estimate of drug-likeness (QED) is 0.836. The van der Waals surface area contributed by atoms with Crippen molar-refractivity contribution in [2.24, 2.45) is 5.92 Å². The number of hydrogen-bond acceptors (Lipinski definition) is 1. The third-order valence-electron chi connectivity index (χ3n) is 2.32. The lowest BCUT2D eigenvalue weighted by atomic mass is 10.0. The number of rotatable bonds is 5. The molecule has 1 aromatic carbocycles. The largest absolute Gasteiger partial charge is 0.401 e. The second-order valence-corrected chi connectivity index (χ2v) is 4.63. The fourth-order valence-electron chi connectivity index (χ4n) is 1.61. The Labute approximate surface area is 100 Å². The van der Waals surface area contributed by atoms with Crippen LogP contribution >= 0.6 is 0 Å². The van der Waals surface area contributed by atoms with Crippen LogP contribution in [0.5, 0.6) is 0 Å². The first-order chi connectivity index (χ1) is 7.87. The second kappa shape index (κ2) is 6.05. The van der Waals surface area contributed by atoms with Gasteiger partial charge in [-0.25, -0.2) is 0 Å². The molecule has 1 rings (SSSR count). The molecule has 0 heterocycles. The summed E-state index contributed by atoms with van der Waals surface area (Å²) in [6.45, 7) is 3.58. The summed E-state index contributed by atoms with van der Waals surface area (Å²) < 4.78 is 35.7. The Morgan fingerprint density at radius 2 is 1.59 bits per heavy atom. The van der Waals surface area contributed by atoms with Crippen LogP contribution in [0.2, 0.25) is 0 Å². The lowest BCUT2D eigenvalue weighted by Gasteiger charge is -2.09. The molecule has 0 bridgehead atoms. The average Bonchev–Trinajstić information content (AvgIpc) is 2.18. The fraction of sp³-hybridized carbons (Fsp3) is 0.538. The highest BCUT2D eigenvalue weighted by Gasteiger charge is 2.25. The minimum Gasteiger partial charge on any atom is -0.305 e. The highest BCUT2D eigenvalue weighted by atomic mass is 19.4. The molecule has 1 aromatic rings. The van der Waals surface area contributed by atoms with Gasteiger partial charge in [0.1, 0.15) is 0 Å². The van der Waals surface area contributed by atoms with Gasteiger partial charge in [-0.1, -0.05) is 38.1 Å². The highest BCUT2D eigenvalue weighted by molar-refractivity contribution is 5.22. The van der Waals surface area contributed by atoms with Crippen LogP contribution in [-0.4, -0.2) is 12.7 Å². The van der Waals surface area contributed by atoms with Crippen LogP contribution in [-0.2, 0) is 13.0 Å². The molecule has 0 aromatic heterocycles. The van der Waals surface area contributed by atoms with Gasteiger partial charge in [-0.3, -0.25) is 0 Å². The Bertz CT molecular complexity index is 328. The Morgan fingerprint density at radius 1 is 1.06 bits per heavy atom. The Balaban J connectivity index is 2.40. The van der Waals surface area contributed by atoms with Crippen molar-refractivity contribution in [1.82, 2.24) is 5.32 Å². The average molecular weight is 245 g/mol. The van der Waals surface area contributed by atoms with E-state index in [1.165, 1.54) is 5.56 Å². The smallest absolute Gasteiger partial charge is 0.305 e. The minimum absolute atomic E-state index is 0.251. The first kappa shape index (κ1) is 14.0. The molecule has 0 amide bonds. The summed E-state index contributed by atoms with van der Waals surface area (Å²) >= 11 is 0. The summed E-state index contributed by atoms with van der Waals surface area (Å²) in [4.78, 5) is 0. The van der Waals surface area contributed by atoms with Gasteiger partial charge in [-0.2, -0.15) is 13.2 Å². The normalized spacial score (nSPS) is 12.1. The van der Waals surface area contributed by atoms with E-state index in [0.29, 0.717) is 5.92 Å². The van der Waals surface area contributed by atoms with E-state index in [1.54, 1.807) is 0 Å². The number of alkyl halides is 3. The lowest BCUT2D eigenvalue weighted by Crippen LogP contribution is -2.28. The van der Waals surface area contributed by atoms with Gasteiger partial charge in [0.2, 0.25) is 0 Å². The van der Waals surface area contributed by atoms with Gasteiger partial charge in [0.25, 0.3) is 0 Å². The van der Waals surface area contributed by atoms with E-state index < -0.39 is 12.7 Å².